The maximum absolute atomic E-state index is 10.8. The number of nitro benzene ring substituents is 1. The molecule has 1 aromatic carbocycles. The Kier molecular flexibility index (Phi) is 4.79. The van der Waals surface area contributed by atoms with Gasteiger partial charge in [0, 0.05) is 25.2 Å². The molecule has 21 heavy (non-hydrogen) atoms. The van der Waals surface area contributed by atoms with Crippen molar-refractivity contribution in [1.29, 1.82) is 5.26 Å². The molecule has 0 atom stereocenters. The number of nitro groups is 1. The summed E-state index contributed by atoms with van der Waals surface area (Å²) in [4.78, 5) is 12.5. The van der Waals surface area contributed by atoms with E-state index in [0.717, 1.165) is 24.4 Å². The lowest BCUT2D eigenvalue weighted by molar-refractivity contribution is -0.384. The number of nitriles is 1. The van der Waals surface area contributed by atoms with Crippen molar-refractivity contribution >= 4 is 11.4 Å². The second kappa shape index (κ2) is 6.57. The van der Waals surface area contributed by atoms with E-state index in [4.69, 9.17) is 0 Å². The second-order valence-corrected chi connectivity index (χ2v) is 5.76. The molecule has 0 amide bonds. The summed E-state index contributed by atoms with van der Waals surface area (Å²) < 4.78 is 0. The van der Waals surface area contributed by atoms with Crippen LogP contribution in [0.5, 0.6) is 0 Å². The van der Waals surface area contributed by atoms with E-state index in [2.05, 4.69) is 17.9 Å². The molecule has 0 bridgehead atoms. The van der Waals surface area contributed by atoms with E-state index in [1.165, 1.54) is 31.4 Å². The predicted molar refractivity (Wildman–Crippen MR) is 82.3 cm³/mol. The molecule has 0 radical (unpaired) electrons. The van der Waals surface area contributed by atoms with Gasteiger partial charge in [-0.15, -0.1) is 0 Å². The number of anilines is 1. The first-order valence-electron chi connectivity index (χ1n) is 7.48. The molecule has 1 saturated carbocycles. The number of rotatable bonds is 4. The Labute approximate surface area is 125 Å². The molecule has 1 fully saturated rings. The molecule has 112 valence electrons. The first kappa shape index (κ1) is 15.3. The van der Waals surface area contributed by atoms with Crippen LogP contribution in [0.1, 0.15) is 44.6 Å². The zero-order valence-corrected chi connectivity index (χ0v) is 12.6. The van der Waals surface area contributed by atoms with Gasteiger partial charge in [-0.1, -0.05) is 13.3 Å². The average Bonchev–Trinajstić information content (AvgIpc) is 2.53. The highest BCUT2D eigenvalue weighted by atomic mass is 16.6. The van der Waals surface area contributed by atoms with E-state index >= 15 is 0 Å². The summed E-state index contributed by atoms with van der Waals surface area (Å²) in [6, 6.07) is 7.04. The van der Waals surface area contributed by atoms with E-state index in [-0.39, 0.29) is 5.69 Å². The fourth-order valence-corrected chi connectivity index (χ4v) is 3.17. The monoisotopic (exact) mass is 287 g/mol. The van der Waals surface area contributed by atoms with Crippen molar-refractivity contribution in [2.24, 2.45) is 5.92 Å². The molecular weight excluding hydrogens is 266 g/mol. The molecule has 0 N–H and O–H groups in total. The molecule has 0 unspecified atom stereocenters. The van der Waals surface area contributed by atoms with Crippen molar-refractivity contribution in [3.63, 3.8) is 0 Å². The van der Waals surface area contributed by atoms with Gasteiger partial charge >= 0.3 is 0 Å². The standard InChI is InChI=1S/C16H21N3O2/c1-3-12-4-6-14(7-5-12)18(2)16-9-8-15(19(20)21)10-13(16)11-17/h8-10,12,14H,3-7H2,1-2H3. The van der Waals surface area contributed by atoms with Gasteiger partial charge in [0.05, 0.1) is 16.2 Å². The fourth-order valence-electron chi connectivity index (χ4n) is 3.17. The molecule has 0 spiro atoms. The zero-order chi connectivity index (χ0) is 15.4. The maximum Gasteiger partial charge on any atom is 0.270 e. The minimum absolute atomic E-state index is 0.0293. The van der Waals surface area contributed by atoms with Crippen molar-refractivity contribution in [2.75, 3.05) is 11.9 Å². The molecule has 2 rings (SSSR count). The van der Waals surface area contributed by atoms with E-state index in [0.29, 0.717) is 11.6 Å². The maximum atomic E-state index is 10.8. The first-order chi connectivity index (χ1) is 10.1. The first-order valence-corrected chi connectivity index (χ1v) is 7.48. The lowest BCUT2D eigenvalue weighted by atomic mass is 9.84. The van der Waals surface area contributed by atoms with Crippen LogP contribution in [0.4, 0.5) is 11.4 Å². The molecule has 5 heteroatoms. The molecule has 1 aliphatic rings. The Hall–Kier alpha value is -2.09. The lowest BCUT2D eigenvalue weighted by Crippen LogP contribution is -2.35. The summed E-state index contributed by atoms with van der Waals surface area (Å²) in [6.45, 7) is 2.23. The summed E-state index contributed by atoms with van der Waals surface area (Å²) in [7, 11) is 1.99. The Morgan fingerprint density at radius 2 is 2.05 bits per heavy atom. The predicted octanol–water partition coefficient (Wildman–Crippen LogP) is 3.87. The molecule has 5 nitrogen and oxygen atoms in total. The highest BCUT2D eigenvalue weighted by molar-refractivity contribution is 5.63. The Balaban J connectivity index is 2.18. The van der Waals surface area contributed by atoms with E-state index in [1.807, 2.05) is 7.05 Å². The third-order valence-electron chi connectivity index (χ3n) is 4.63. The highest BCUT2D eigenvalue weighted by Crippen LogP contribution is 2.33. The van der Waals surface area contributed by atoms with Gasteiger partial charge in [-0.05, 0) is 37.7 Å². The number of hydrogen-bond acceptors (Lipinski definition) is 4. The quantitative estimate of drug-likeness (QED) is 0.622. The Morgan fingerprint density at radius 1 is 1.38 bits per heavy atom. The molecule has 0 saturated heterocycles. The summed E-state index contributed by atoms with van der Waals surface area (Å²) >= 11 is 0. The number of hydrogen-bond donors (Lipinski definition) is 0. The second-order valence-electron chi connectivity index (χ2n) is 5.76. The van der Waals surface area contributed by atoms with Crippen LogP contribution in [-0.2, 0) is 0 Å². The summed E-state index contributed by atoms with van der Waals surface area (Å²) in [5.41, 5.74) is 1.14. The van der Waals surface area contributed by atoms with Crippen molar-refractivity contribution < 1.29 is 4.92 Å². The Bertz CT molecular complexity index is 557. The number of benzene rings is 1. The number of nitrogens with zero attached hydrogens (tertiary/aromatic N) is 3. The van der Waals surface area contributed by atoms with Crippen LogP contribution < -0.4 is 4.90 Å². The van der Waals surface area contributed by atoms with Gasteiger partial charge in [0.25, 0.3) is 5.69 Å². The van der Waals surface area contributed by atoms with Gasteiger partial charge in [-0.25, -0.2) is 0 Å². The summed E-state index contributed by atoms with van der Waals surface area (Å²) in [5, 5.41) is 20.1. The van der Waals surface area contributed by atoms with Crippen LogP contribution in [0.15, 0.2) is 18.2 Å². The van der Waals surface area contributed by atoms with E-state index < -0.39 is 4.92 Å². The smallest absolute Gasteiger partial charge is 0.270 e. The van der Waals surface area contributed by atoms with Crippen molar-refractivity contribution in [3.8, 4) is 6.07 Å². The highest BCUT2D eigenvalue weighted by Gasteiger charge is 2.25. The zero-order valence-electron chi connectivity index (χ0n) is 12.6. The third kappa shape index (κ3) is 3.33. The van der Waals surface area contributed by atoms with Gasteiger partial charge in [0.1, 0.15) is 6.07 Å². The molecular formula is C16H21N3O2. The van der Waals surface area contributed by atoms with Crippen molar-refractivity contribution in [1.82, 2.24) is 0 Å². The largest absolute Gasteiger partial charge is 0.371 e. The van der Waals surface area contributed by atoms with Crippen LogP contribution >= 0.6 is 0 Å². The molecule has 0 heterocycles. The van der Waals surface area contributed by atoms with Crippen molar-refractivity contribution in [2.45, 2.75) is 45.1 Å². The molecule has 1 aromatic rings. The minimum atomic E-state index is -0.461. The third-order valence-corrected chi connectivity index (χ3v) is 4.63. The fraction of sp³-hybridized carbons (Fsp3) is 0.562. The molecule has 0 aromatic heterocycles. The lowest BCUT2D eigenvalue weighted by Gasteiger charge is -2.36. The van der Waals surface area contributed by atoms with E-state index in [9.17, 15) is 15.4 Å². The van der Waals surface area contributed by atoms with Gasteiger partial charge in [-0.3, -0.25) is 10.1 Å². The van der Waals surface area contributed by atoms with Crippen LogP contribution in [0.2, 0.25) is 0 Å². The minimum Gasteiger partial charge on any atom is -0.371 e. The van der Waals surface area contributed by atoms with Crippen LogP contribution in [-0.4, -0.2) is 18.0 Å². The van der Waals surface area contributed by atoms with Gasteiger partial charge in [0.15, 0.2) is 0 Å². The number of non-ortho nitro benzene ring substituents is 1. The van der Waals surface area contributed by atoms with Crippen LogP contribution in [0.25, 0.3) is 0 Å². The topological polar surface area (TPSA) is 70.2 Å². The average molecular weight is 287 g/mol. The Morgan fingerprint density at radius 3 is 2.57 bits per heavy atom. The van der Waals surface area contributed by atoms with Gasteiger partial charge in [-0.2, -0.15) is 5.26 Å². The van der Waals surface area contributed by atoms with Crippen molar-refractivity contribution in [3.05, 3.63) is 33.9 Å². The van der Waals surface area contributed by atoms with E-state index in [1.54, 1.807) is 6.07 Å². The summed E-state index contributed by atoms with van der Waals surface area (Å²) in [5.74, 6) is 0.821. The molecule has 0 aliphatic heterocycles. The van der Waals surface area contributed by atoms with Crippen LogP contribution in [0.3, 0.4) is 0 Å². The van der Waals surface area contributed by atoms with Crippen LogP contribution in [0, 0.1) is 27.4 Å². The summed E-state index contributed by atoms with van der Waals surface area (Å²) in [6.07, 6.45) is 5.92. The van der Waals surface area contributed by atoms with Gasteiger partial charge in [0.2, 0.25) is 0 Å². The normalized spacial score (nSPS) is 21.6. The molecule has 1 aliphatic carbocycles. The SMILES string of the molecule is CCC1CCC(N(C)c2ccc([N+](=O)[O-])cc2C#N)CC1. The van der Waals surface area contributed by atoms with Gasteiger partial charge < -0.3 is 4.90 Å².